The standard InChI is InChI=1S/C17H17N3O2S/c1-12-9-13(2)11-15(10-12)20-14(3)17(18-19-20)23(21,22)16-7-5-4-6-8-16/h4-11H,1-3H3. The molecule has 0 amide bonds. The number of sulfone groups is 1. The van der Waals surface area contributed by atoms with E-state index in [1.165, 1.54) is 0 Å². The lowest BCUT2D eigenvalue weighted by Crippen LogP contribution is -2.05. The zero-order valence-electron chi connectivity index (χ0n) is 13.2. The average Bonchev–Trinajstić information content (AvgIpc) is 2.89. The predicted molar refractivity (Wildman–Crippen MR) is 87.5 cm³/mol. The number of aromatic nitrogens is 3. The summed E-state index contributed by atoms with van der Waals surface area (Å²) in [7, 11) is -3.67. The van der Waals surface area contributed by atoms with Gasteiger partial charge in [0.1, 0.15) is 0 Å². The normalized spacial score (nSPS) is 11.6. The van der Waals surface area contributed by atoms with Crippen molar-refractivity contribution in [3.05, 3.63) is 65.4 Å². The molecule has 0 bridgehead atoms. The molecule has 0 atom stereocenters. The van der Waals surface area contributed by atoms with Gasteiger partial charge in [0.25, 0.3) is 0 Å². The molecule has 0 aliphatic rings. The molecule has 0 spiro atoms. The zero-order chi connectivity index (χ0) is 16.6. The SMILES string of the molecule is Cc1cc(C)cc(-n2nnc(S(=O)(=O)c3ccccc3)c2C)c1. The Morgan fingerprint density at radius 3 is 2.13 bits per heavy atom. The van der Waals surface area contributed by atoms with Gasteiger partial charge in [-0.2, -0.15) is 0 Å². The minimum atomic E-state index is -3.67. The minimum Gasteiger partial charge on any atom is -0.217 e. The van der Waals surface area contributed by atoms with Crippen molar-refractivity contribution in [3.63, 3.8) is 0 Å². The van der Waals surface area contributed by atoms with Crippen LogP contribution in [0.4, 0.5) is 0 Å². The lowest BCUT2D eigenvalue weighted by molar-refractivity contribution is 0.591. The van der Waals surface area contributed by atoms with Gasteiger partial charge in [0.05, 0.1) is 16.3 Å². The summed E-state index contributed by atoms with van der Waals surface area (Å²) in [6.07, 6.45) is 0. The molecule has 0 aliphatic carbocycles. The van der Waals surface area contributed by atoms with Crippen LogP contribution >= 0.6 is 0 Å². The second-order valence-electron chi connectivity index (χ2n) is 5.55. The van der Waals surface area contributed by atoms with Crippen molar-refractivity contribution < 1.29 is 8.42 Å². The van der Waals surface area contributed by atoms with Gasteiger partial charge in [-0.1, -0.05) is 29.5 Å². The van der Waals surface area contributed by atoms with Gasteiger partial charge in [-0.05, 0) is 56.2 Å². The van der Waals surface area contributed by atoms with Gasteiger partial charge in [0.2, 0.25) is 14.9 Å². The van der Waals surface area contributed by atoms with Crippen LogP contribution in [0.5, 0.6) is 0 Å². The number of benzene rings is 2. The van der Waals surface area contributed by atoms with Crippen LogP contribution < -0.4 is 0 Å². The Morgan fingerprint density at radius 1 is 0.913 bits per heavy atom. The third kappa shape index (κ3) is 2.77. The van der Waals surface area contributed by atoms with E-state index in [9.17, 15) is 8.42 Å². The molecule has 118 valence electrons. The third-order valence-corrected chi connectivity index (χ3v) is 5.39. The Hall–Kier alpha value is -2.47. The first-order valence-electron chi connectivity index (χ1n) is 7.21. The van der Waals surface area contributed by atoms with Crippen molar-refractivity contribution in [2.75, 3.05) is 0 Å². The Labute approximate surface area is 135 Å². The summed E-state index contributed by atoms with van der Waals surface area (Å²) in [5, 5.41) is 7.96. The smallest absolute Gasteiger partial charge is 0.217 e. The highest BCUT2D eigenvalue weighted by atomic mass is 32.2. The maximum absolute atomic E-state index is 12.7. The van der Waals surface area contributed by atoms with E-state index in [4.69, 9.17) is 0 Å². The fourth-order valence-corrected chi connectivity index (χ4v) is 3.95. The summed E-state index contributed by atoms with van der Waals surface area (Å²) in [6, 6.07) is 14.2. The summed E-state index contributed by atoms with van der Waals surface area (Å²) >= 11 is 0. The van der Waals surface area contributed by atoms with E-state index in [1.807, 2.05) is 26.0 Å². The zero-order valence-corrected chi connectivity index (χ0v) is 14.0. The Kier molecular flexibility index (Phi) is 3.77. The van der Waals surface area contributed by atoms with Crippen molar-refractivity contribution >= 4 is 9.84 Å². The van der Waals surface area contributed by atoms with Crippen LogP contribution in [-0.4, -0.2) is 23.4 Å². The molecule has 0 aliphatic heterocycles. The third-order valence-electron chi connectivity index (χ3n) is 3.61. The van der Waals surface area contributed by atoms with Gasteiger partial charge in [0.15, 0.2) is 0 Å². The fourth-order valence-electron chi connectivity index (χ4n) is 2.59. The predicted octanol–water partition coefficient (Wildman–Crippen LogP) is 3.03. The molecule has 3 aromatic rings. The van der Waals surface area contributed by atoms with Gasteiger partial charge in [0, 0.05) is 0 Å². The lowest BCUT2D eigenvalue weighted by Gasteiger charge is -2.07. The summed E-state index contributed by atoms with van der Waals surface area (Å²) in [6.45, 7) is 5.70. The molecule has 3 rings (SSSR count). The number of hydrogen-bond acceptors (Lipinski definition) is 4. The quantitative estimate of drug-likeness (QED) is 0.742. The van der Waals surface area contributed by atoms with Crippen LogP contribution in [0.25, 0.3) is 5.69 Å². The van der Waals surface area contributed by atoms with Crippen molar-refractivity contribution in [2.24, 2.45) is 0 Å². The topological polar surface area (TPSA) is 64.8 Å². The van der Waals surface area contributed by atoms with Crippen LogP contribution in [0, 0.1) is 20.8 Å². The molecular formula is C17H17N3O2S. The molecule has 0 saturated heterocycles. The second-order valence-corrected chi connectivity index (χ2v) is 7.42. The first kappa shape index (κ1) is 15.4. The maximum atomic E-state index is 12.7. The first-order valence-corrected chi connectivity index (χ1v) is 8.69. The highest BCUT2D eigenvalue weighted by molar-refractivity contribution is 7.91. The van der Waals surface area contributed by atoms with E-state index in [1.54, 1.807) is 41.9 Å². The Morgan fingerprint density at radius 2 is 1.52 bits per heavy atom. The Balaban J connectivity index is 2.13. The maximum Gasteiger partial charge on any atom is 0.227 e. The van der Waals surface area contributed by atoms with E-state index in [0.29, 0.717) is 5.69 Å². The molecule has 0 radical (unpaired) electrons. The molecule has 5 nitrogen and oxygen atoms in total. The summed E-state index contributed by atoms with van der Waals surface area (Å²) in [5.74, 6) is 0. The molecule has 1 heterocycles. The van der Waals surface area contributed by atoms with Gasteiger partial charge < -0.3 is 0 Å². The average molecular weight is 327 g/mol. The molecule has 6 heteroatoms. The second kappa shape index (κ2) is 5.62. The molecule has 0 fully saturated rings. The van der Waals surface area contributed by atoms with Crippen LogP contribution in [0.2, 0.25) is 0 Å². The van der Waals surface area contributed by atoms with Gasteiger partial charge >= 0.3 is 0 Å². The van der Waals surface area contributed by atoms with Crippen LogP contribution in [0.1, 0.15) is 16.8 Å². The van der Waals surface area contributed by atoms with Crippen molar-refractivity contribution in [1.82, 2.24) is 15.0 Å². The largest absolute Gasteiger partial charge is 0.227 e. The van der Waals surface area contributed by atoms with E-state index in [-0.39, 0.29) is 9.92 Å². The van der Waals surface area contributed by atoms with Gasteiger partial charge in [-0.15, -0.1) is 5.10 Å². The molecule has 0 N–H and O–H groups in total. The molecule has 2 aromatic carbocycles. The van der Waals surface area contributed by atoms with Crippen molar-refractivity contribution in [3.8, 4) is 5.69 Å². The van der Waals surface area contributed by atoms with Crippen LogP contribution in [-0.2, 0) is 9.84 Å². The number of aryl methyl sites for hydroxylation is 2. The molecule has 23 heavy (non-hydrogen) atoms. The van der Waals surface area contributed by atoms with E-state index < -0.39 is 9.84 Å². The Bertz CT molecular complexity index is 941. The van der Waals surface area contributed by atoms with Gasteiger partial charge in [-0.3, -0.25) is 0 Å². The first-order chi connectivity index (χ1) is 10.9. The minimum absolute atomic E-state index is 0.0112. The fraction of sp³-hybridized carbons (Fsp3) is 0.176. The molecule has 1 aromatic heterocycles. The van der Waals surface area contributed by atoms with E-state index >= 15 is 0 Å². The highest BCUT2D eigenvalue weighted by Gasteiger charge is 2.25. The van der Waals surface area contributed by atoms with Gasteiger partial charge in [-0.25, -0.2) is 13.1 Å². The molecular weight excluding hydrogens is 310 g/mol. The summed E-state index contributed by atoms with van der Waals surface area (Å²) < 4.78 is 27.0. The van der Waals surface area contributed by atoms with Crippen molar-refractivity contribution in [2.45, 2.75) is 30.7 Å². The number of rotatable bonds is 3. The summed E-state index contributed by atoms with van der Waals surface area (Å²) in [5.41, 5.74) is 3.48. The lowest BCUT2D eigenvalue weighted by atomic mass is 10.1. The summed E-state index contributed by atoms with van der Waals surface area (Å²) in [4.78, 5) is 0.218. The van der Waals surface area contributed by atoms with Crippen LogP contribution in [0.15, 0.2) is 58.5 Å². The van der Waals surface area contributed by atoms with Crippen molar-refractivity contribution in [1.29, 1.82) is 0 Å². The molecule has 0 unspecified atom stereocenters. The van der Waals surface area contributed by atoms with Crippen LogP contribution in [0.3, 0.4) is 0 Å². The number of hydrogen-bond donors (Lipinski definition) is 0. The molecule has 0 saturated carbocycles. The van der Waals surface area contributed by atoms with E-state index in [0.717, 1.165) is 16.8 Å². The monoisotopic (exact) mass is 327 g/mol. The number of nitrogens with zero attached hydrogens (tertiary/aromatic N) is 3. The van der Waals surface area contributed by atoms with E-state index in [2.05, 4.69) is 16.4 Å². The highest BCUT2D eigenvalue weighted by Crippen LogP contribution is 2.23.